The summed E-state index contributed by atoms with van der Waals surface area (Å²) in [6.45, 7) is 4.96. The molecular formula is C13H22N4O. The summed E-state index contributed by atoms with van der Waals surface area (Å²) in [5, 5.41) is 12.0. The third-order valence-corrected chi connectivity index (χ3v) is 4.02. The van der Waals surface area contributed by atoms with Crippen molar-refractivity contribution in [3.05, 3.63) is 0 Å². The van der Waals surface area contributed by atoms with E-state index < -0.39 is 0 Å². The van der Waals surface area contributed by atoms with Gasteiger partial charge in [-0.3, -0.25) is 4.90 Å². The average molecular weight is 250 g/mol. The topological polar surface area (TPSA) is 59.4 Å². The average Bonchev–Trinajstić information content (AvgIpc) is 2.91. The van der Waals surface area contributed by atoms with Crippen molar-refractivity contribution < 1.29 is 4.79 Å². The summed E-state index contributed by atoms with van der Waals surface area (Å²) in [6, 6.07) is 2.65. The molecule has 0 aromatic heterocycles. The molecule has 1 saturated carbocycles. The Balaban J connectivity index is 1.75. The number of hydrogen-bond acceptors (Lipinski definition) is 3. The van der Waals surface area contributed by atoms with E-state index in [1.54, 1.807) is 0 Å². The molecule has 1 aliphatic heterocycles. The largest absolute Gasteiger partial charge is 0.335 e. The van der Waals surface area contributed by atoms with Crippen LogP contribution >= 0.6 is 0 Å². The van der Waals surface area contributed by atoms with Crippen molar-refractivity contribution >= 4 is 6.03 Å². The summed E-state index contributed by atoms with van der Waals surface area (Å²) in [5.41, 5.74) is 0. The van der Waals surface area contributed by atoms with E-state index in [4.69, 9.17) is 5.26 Å². The van der Waals surface area contributed by atoms with E-state index in [0.717, 1.165) is 39.0 Å². The van der Waals surface area contributed by atoms with Crippen molar-refractivity contribution in [1.29, 1.82) is 5.26 Å². The van der Waals surface area contributed by atoms with Crippen LogP contribution in [0.25, 0.3) is 0 Å². The molecule has 2 aliphatic rings. The van der Waals surface area contributed by atoms with Crippen LogP contribution in [0.15, 0.2) is 0 Å². The zero-order valence-corrected chi connectivity index (χ0v) is 11.1. The molecule has 0 bridgehead atoms. The highest BCUT2D eigenvalue weighted by molar-refractivity contribution is 5.74. The molecular weight excluding hydrogens is 228 g/mol. The fourth-order valence-corrected chi connectivity index (χ4v) is 2.73. The van der Waals surface area contributed by atoms with Crippen LogP contribution in [0.1, 0.15) is 32.6 Å². The van der Waals surface area contributed by atoms with Gasteiger partial charge in [-0.05, 0) is 19.8 Å². The first-order valence-corrected chi connectivity index (χ1v) is 6.90. The quantitative estimate of drug-likeness (QED) is 0.800. The Labute approximate surface area is 109 Å². The van der Waals surface area contributed by atoms with Gasteiger partial charge in [0.1, 0.15) is 0 Å². The van der Waals surface area contributed by atoms with E-state index in [1.807, 2.05) is 11.8 Å². The van der Waals surface area contributed by atoms with E-state index >= 15 is 0 Å². The van der Waals surface area contributed by atoms with Gasteiger partial charge in [0.25, 0.3) is 0 Å². The molecule has 100 valence electrons. The van der Waals surface area contributed by atoms with Gasteiger partial charge in [0, 0.05) is 32.2 Å². The van der Waals surface area contributed by atoms with E-state index in [2.05, 4.69) is 16.3 Å². The number of hydrogen-bond donors (Lipinski definition) is 1. The number of nitrogens with zero attached hydrogens (tertiary/aromatic N) is 3. The second-order valence-corrected chi connectivity index (χ2v) is 5.26. The molecule has 1 unspecified atom stereocenters. The van der Waals surface area contributed by atoms with Crippen molar-refractivity contribution in [1.82, 2.24) is 15.1 Å². The third kappa shape index (κ3) is 3.14. The van der Waals surface area contributed by atoms with Crippen LogP contribution in [-0.2, 0) is 0 Å². The lowest BCUT2D eigenvalue weighted by molar-refractivity contribution is 0.127. The van der Waals surface area contributed by atoms with Crippen LogP contribution in [0.2, 0.25) is 0 Å². The van der Waals surface area contributed by atoms with Crippen LogP contribution in [0.5, 0.6) is 0 Å². The molecule has 2 rings (SSSR count). The van der Waals surface area contributed by atoms with Gasteiger partial charge in [-0.1, -0.05) is 12.8 Å². The van der Waals surface area contributed by atoms with Crippen molar-refractivity contribution in [2.75, 3.05) is 26.2 Å². The van der Waals surface area contributed by atoms with Crippen molar-refractivity contribution in [3.63, 3.8) is 0 Å². The number of carbonyl (C=O) groups excluding carboxylic acids is 1. The van der Waals surface area contributed by atoms with Crippen LogP contribution < -0.4 is 5.32 Å². The molecule has 0 aromatic carbocycles. The summed E-state index contributed by atoms with van der Waals surface area (Å²) in [5.74, 6) is 0. The van der Waals surface area contributed by atoms with Crippen molar-refractivity contribution in [3.8, 4) is 6.07 Å². The highest BCUT2D eigenvalue weighted by Gasteiger charge is 2.25. The van der Waals surface area contributed by atoms with E-state index in [0.29, 0.717) is 6.04 Å². The maximum Gasteiger partial charge on any atom is 0.317 e. The molecule has 5 heteroatoms. The number of nitriles is 1. The molecule has 1 aliphatic carbocycles. The maximum absolute atomic E-state index is 12.0. The van der Waals surface area contributed by atoms with Crippen molar-refractivity contribution in [2.24, 2.45) is 0 Å². The predicted molar refractivity (Wildman–Crippen MR) is 69.0 cm³/mol. The molecule has 0 spiro atoms. The zero-order chi connectivity index (χ0) is 13.0. The van der Waals surface area contributed by atoms with Crippen molar-refractivity contribution in [2.45, 2.75) is 44.7 Å². The first kappa shape index (κ1) is 13.2. The van der Waals surface area contributed by atoms with E-state index in [9.17, 15) is 4.79 Å². The molecule has 2 amide bonds. The summed E-state index contributed by atoms with van der Waals surface area (Å²) in [4.78, 5) is 16.0. The van der Waals surface area contributed by atoms with Gasteiger partial charge < -0.3 is 10.2 Å². The normalized spacial score (nSPS) is 23.7. The Bertz CT molecular complexity index is 324. The smallest absolute Gasteiger partial charge is 0.317 e. The SMILES string of the molecule is CC(C#N)N1CCN(C(=O)NC2CCCC2)CC1. The second kappa shape index (κ2) is 6.05. The summed E-state index contributed by atoms with van der Waals surface area (Å²) >= 11 is 0. The monoisotopic (exact) mass is 250 g/mol. The van der Waals surface area contributed by atoms with Gasteiger partial charge >= 0.3 is 6.03 Å². The molecule has 1 saturated heterocycles. The minimum Gasteiger partial charge on any atom is -0.335 e. The zero-order valence-electron chi connectivity index (χ0n) is 11.1. The minimum absolute atomic E-state index is 0.0509. The van der Waals surface area contributed by atoms with Gasteiger partial charge in [0.2, 0.25) is 0 Å². The second-order valence-electron chi connectivity index (χ2n) is 5.26. The summed E-state index contributed by atoms with van der Waals surface area (Å²) in [7, 11) is 0. The van der Waals surface area contributed by atoms with Crippen LogP contribution in [0.3, 0.4) is 0 Å². The number of carbonyl (C=O) groups is 1. The van der Waals surface area contributed by atoms with E-state index in [-0.39, 0.29) is 12.1 Å². The lowest BCUT2D eigenvalue weighted by Crippen LogP contribution is -2.54. The molecule has 0 radical (unpaired) electrons. The molecule has 2 fully saturated rings. The predicted octanol–water partition coefficient (Wildman–Crippen LogP) is 1.17. The summed E-state index contributed by atoms with van der Waals surface area (Å²) < 4.78 is 0. The van der Waals surface area contributed by atoms with Gasteiger partial charge in [0.05, 0.1) is 12.1 Å². The number of urea groups is 1. The standard InChI is InChI=1S/C13H22N4O/c1-11(10-14)16-6-8-17(9-7-16)13(18)15-12-4-2-3-5-12/h11-12H,2-9H2,1H3,(H,15,18). The first-order chi connectivity index (χ1) is 8.70. The van der Waals surface area contributed by atoms with Crippen LogP contribution in [0.4, 0.5) is 4.79 Å². The van der Waals surface area contributed by atoms with Crippen LogP contribution in [0, 0.1) is 11.3 Å². The lowest BCUT2D eigenvalue weighted by Gasteiger charge is -2.36. The Hall–Kier alpha value is -1.28. The molecule has 5 nitrogen and oxygen atoms in total. The molecule has 18 heavy (non-hydrogen) atoms. The minimum atomic E-state index is -0.0509. The Morgan fingerprint density at radius 1 is 1.28 bits per heavy atom. The number of piperazine rings is 1. The number of rotatable bonds is 2. The number of nitrogens with one attached hydrogen (secondary N) is 1. The van der Waals surface area contributed by atoms with E-state index in [1.165, 1.54) is 12.8 Å². The van der Waals surface area contributed by atoms with Gasteiger partial charge in [-0.15, -0.1) is 0 Å². The highest BCUT2D eigenvalue weighted by atomic mass is 16.2. The third-order valence-electron chi connectivity index (χ3n) is 4.02. The molecule has 1 N–H and O–H groups in total. The molecule has 0 aromatic rings. The van der Waals surface area contributed by atoms with Gasteiger partial charge in [0.15, 0.2) is 0 Å². The number of amides is 2. The fourth-order valence-electron chi connectivity index (χ4n) is 2.73. The van der Waals surface area contributed by atoms with Crippen LogP contribution in [-0.4, -0.2) is 54.1 Å². The fraction of sp³-hybridized carbons (Fsp3) is 0.846. The molecule has 1 atom stereocenters. The summed E-state index contributed by atoms with van der Waals surface area (Å²) in [6.07, 6.45) is 4.71. The Morgan fingerprint density at radius 2 is 1.89 bits per heavy atom. The molecule has 1 heterocycles. The lowest BCUT2D eigenvalue weighted by atomic mass is 10.2. The highest BCUT2D eigenvalue weighted by Crippen LogP contribution is 2.18. The Kier molecular flexibility index (Phi) is 4.43. The van der Waals surface area contributed by atoms with Gasteiger partial charge in [-0.2, -0.15) is 5.26 Å². The first-order valence-electron chi connectivity index (χ1n) is 6.90. The van der Waals surface area contributed by atoms with Gasteiger partial charge in [-0.25, -0.2) is 4.79 Å². The Morgan fingerprint density at radius 3 is 2.44 bits per heavy atom. The maximum atomic E-state index is 12.0.